The van der Waals surface area contributed by atoms with Crippen LogP contribution in [0.25, 0.3) is 0 Å². The molecule has 0 heterocycles. The van der Waals surface area contributed by atoms with Gasteiger partial charge in [0.2, 0.25) is 0 Å². The number of rotatable bonds is 7. The molecule has 4 heteroatoms. The van der Waals surface area contributed by atoms with E-state index in [0.717, 1.165) is 12.5 Å². The third kappa shape index (κ3) is 7.70. The minimum Gasteiger partial charge on any atom is -0.372 e. The SMILES string of the molecule is CCNC(=NCc1ccc(COCc2ccccc2)cc1)NC(C)(C)C. The highest BCUT2D eigenvalue weighted by Gasteiger charge is 2.11. The van der Waals surface area contributed by atoms with E-state index in [-0.39, 0.29) is 5.54 Å². The van der Waals surface area contributed by atoms with Gasteiger partial charge in [-0.3, -0.25) is 0 Å². The molecule has 2 N–H and O–H groups in total. The van der Waals surface area contributed by atoms with Crippen LogP contribution in [0.15, 0.2) is 59.6 Å². The standard InChI is InChI=1S/C22H31N3O/c1-5-23-21(25-22(2,3)4)24-15-18-11-13-20(14-12-18)17-26-16-19-9-7-6-8-10-19/h6-14H,5,15-17H2,1-4H3,(H2,23,24,25). The van der Waals surface area contributed by atoms with Gasteiger partial charge < -0.3 is 15.4 Å². The zero-order valence-electron chi connectivity index (χ0n) is 16.4. The zero-order valence-corrected chi connectivity index (χ0v) is 16.4. The van der Waals surface area contributed by atoms with Crippen LogP contribution in [0.2, 0.25) is 0 Å². The number of nitrogens with zero attached hydrogens (tertiary/aromatic N) is 1. The van der Waals surface area contributed by atoms with E-state index in [4.69, 9.17) is 4.74 Å². The van der Waals surface area contributed by atoms with Gasteiger partial charge in [-0.1, -0.05) is 54.6 Å². The van der Waals surface area contributed by atoms with Gasteiger partial charge in [0, 0.05) is 12.1 Å². The van der Waals surface area contributed by atoms with Crippen LogP contribution in [0.1, 0.15) is 44.4 Å². The summed E-state index contributed by atoms with van der Waals surface area (Å²) >= 11 is 0. The van der Waals surface area contributed by atoms with Crippen molar-refractivity contribution in [3.8, 4) is 0 Å². The maximum absolute atomic E-state index is 5.78. The van der Waals surface area contributed by atoms with Gasteiger partial charge in [0.15, 0.2) is 5.96 Å². The number of hydrogen-bond acceptors (Lipinski definition) is 2. The number of benzene rings is 2. The maximum Gasteiger partial charge on any atom is 0.191 e. The maximum atomic E-state index is 5.78. The van der Waals surface area contributed by atoms with Crippen molar-refractivity contribution in [2.75, 3.05) is 6.54 Å². The summed E-state index contributed by atoms with van der Waals surface area (Å²) < 4.78 is 5.78. The molecule has 0 unspecified atom stereocenters. The van der Waals surface area contributed by atoms with Crippen LogP contribution in [0.3, 0.4) is 0 Å². The van der Waals surface area contributed by atoms with Crippen LogP contribution >= 0.6 is 0 Å². The van der Waals surface area contributed by atoms with E-state index in [1.54, 1.807) is 0 Å². The lowest BCUT2D eigenvalue weighted by Crippen LogP contribution is -2.47. The third-order valence-corrected chi connectivity index (χ3v) is 3.66. The highest BCUT2D eigenvalue weighted by atomic mass is 16.5. The summed E-state index contributed by atoms with van der Waals surface area (Å²) in [6, 6.07) is 18.7. The fourth-order valence-electron chi connectivity index (χ4n) is 2.43. The van der Waals surface area contributed by atoms with Crippen molar-refractivity contribution >= 4 is 5.96 Å². The Kier molecular flexibility index (Phi) is 7.67. The minimum absolute atomic E-state index is 0.0129. The summed E-state index contributed by atoms with van der Waals surface area (Å²) in [5.74, 6) is 0.843. The fraction of sp³-hybridized carbons (Fsp3) is 0.409. The topological polar surface area (TPSA) is 45.7 Å². The first-order chi connectivity index (χ1) is 12.5. The molecule has 0 atom stereocenters. The number of guanidine groups is 1. The quantitative estimate of drug-likeness (QED) is 0.577. The molecule has 140 valence electrons. The average molecular weight is 354 g/mol. The van der Waals surface area contributed by atoms with Crippen LogP contribution < -0.4 is 10.6 Å². The van der Waals surface area contributed by atoms with E-state index in [2.05, 4.69) is 79.7 Å². The molecule has 0 bridgehead atoms. The van der Waals surface area contributed by atoms with Crippen LogP contribution in [0.5, 0.6) is 0 Å². The van der Waals surface area contributed by atoms with Gasteiger partial charge in [-0.15, -0.1) is 0 Å². The smallest absolute Gasteiger partial charge is 0.191 e. The summed E-state index contributed by atoms with van der Waals surface area (Å²) in [5.41, 5.74) is 3.54. The predicted molar refractivity (Wildman–Crippen MR) is 109 cm³/mol. The van der Waals surface area contributed by atoms with E-state index in [1.165, 1.54) is 16.7 Å². The van der Waals surface area contributed by atoms with Crippen molar-refractivity contribution in [3.63, 3.8) is 0 Å². The Labute approximate surface area is 157 Å². The van der Waals surface area contributed by atoms with Crippen molar-refractivity contribution in [1.82, 2.24) is 10.6 Å². The molecule has 0 radical (unpaired) electrons. The molecule has 0 aliphatic carbocycles. The molecule has 2 aromatic carbocycles. The van der Waals surface area contributed by atoms with Gasteiger partial charge >= 0.3 is 0 Å². The van der Waals surface area contributed by atoms with Crippen molar-refractivity contribution in [2.24, 2.45) is 4.99 Å². The van der Waals surface area contributed by atoms with Crippen LogP contribution in [0.4, 0.5) is 0 Å². The van der Waals surface area contributed by atoms with E-state index < -0.39 is 0 Å². The van der Waals surface area contributed by atoms with Gasteiger partial charge in [-0.25, -0.2) is 4.99 Å². The molecule has 26 heavy (non-hydrogen) atoms. The molecule has 0 aliphatic rings. The van der Waals surface area contributed by atoms with Gasteiger partial charge in [-0.05, 0) is 44.4 Å². The lowest BCUT2D eigenvalue weighted by Gasteiger charge is -2.23. The monoisotopic (exact) mass is 353 g/mol. The van der Waals surface area contributed by atoms with Gasteiger partial charge in [0.05, 0.1) is 19.8 Å². The molecule has 0 saturated carbocycles. The van der Waals surface area contributed by atoms with Gasteiger partial charge in [0.1, 0.15) is 0 Å². The van der Waals surface area contributed by atoms with Crippen LogP contribution in [0, 0.1) is 0 Å². The molecule has 0 amide bonds. The Balaban J connectivity index is 1.84. The lowest BCUT2D eigenvalue weighted by atomic mass is 10.1. The van der Waals surface area contributed by atoms with E-state index >= 15 is 0 Å². The van der Waals surface area contributed by atoms with Crippen molar-refractivity contribution in [2.45, 2.75) is 53.0 Å². The second kappa shape index (κ2) is 9.97. The lowest BCUT2D eigenvalue weighted by molar-refractivity contribution is 0.107. The number of aliphatic imine (C=N–C) groups is 1. The summed E-state index contributed by atoms with van der Waals surface area (Å²) in [6.07, 6.45) is 0. The fourth-order valence-corrected chi connectivity index (χ4v) is 2.43. The number of hydrogen-bond donors (Lipinski definition) is 2. The van der Waals surface area contributed by atoms with E-state index in [0.29, 0.717) is 19.8 Å². The molecule has 0 saturated heterocycles. The third-order valence-electron chi connectivity index (χ3n) is 3.66. The number of nitrogens with one attached hydrogen (secondary N) is 2. The Morgan fingerprint density at radius 2 is 1.46 bits per heavy atom. The summed E-state index contributed by atoms with van der Waals surface area (Å²) in [4.78, 5) is 4.66. The highest BCUT2D eigenvalue weighted by Crippen LogP contribution is 2.09. The van der Waals surface area contributed by atoms with Gasteiger partial charge in [-0.2, -0.15) is 0 Å². The predicted octanol–water partition coefficient (Wildman–Crippen LogP) is 4.26. The molecule has 2 rings (SSSR count). The summed E-state index contributed by atoms with van der Waals surface area (Å²) in [5, 5.41) is 6.68. The summed E-state index contributed by atoms with van der Waals surface area (Å²) in [6.45, 7) is 11.2. The molecular formula is C22H31N3O. The largest absolute Gasteiger partial charge is 0.372 e. The molecule has 0 aliphatic heterocycles. The van der Waals surface area contributed by atoms with Crippen molar-refractivity contribution in [1.29, 1.82) is 0 Å². The van der Waals surface area contributed by atoms with E-state index in [1.807, 2.05) is 18.2 Å². The normalized spacial score (nSPS) is 12.1. The Hall–Kier alpha value is -2.33. The molecule has 4 nitrogen and oxygen atoms in total. The van der Waals surface area contributed by atoms with Crippen LogP contribution in [-0.4, -0.2) is 18.0 Å². The van der Waals surface area contributed by atoms with Crippen molar-refractivity contribution in [3.05, 3.63) is 71.3 Å². The molecular weight excluding hydrogens is 322 g/mol. The zero-order chi connectivity index (χ0) is 18.8. The average Bonchev–Trinajstić information content (AvgIpc) is 2.61. The second-order valence-electron chi connectivity index (χ2n) is 7.37. The van der Waals surface area contributed by atoms with E-state index in [9.17, 15) is 0 Å². The minimum atomic E-state index is -0.0129. The molecule has 0 aromatic heterocycles. The van der Waals surface area contributed by atoms with Crippen LogP contribution in [-0.2, 0) is 24.5 Å². The number of ether oxygens (including phenoxy) is 1. The summed E-state index contributed by atoms with van der Waals surface area (Å²) in [7, 11) is 0. The first-order valence-electron chi connectivity index (χ1n) is 9.22. The molecule has 0 spiro atoms. The Bertz CT molecular complexity index is 673. The highest BCUT2D eigenvalue weighted by molar-refractivity contribution is 5.80. The van der Waals surface area contributed by atoms with Crippen molar-refractivity contribution < 1.29 is 4.74 Å². The first kappa shape index (κ1) is 20.0. The molecule has 2 aromatic rings. The van der Waals surface area contributed by atoms with Gasteiger partial charge in [0.25, 0.3) is 0 Å². The molecule has 0 fully saturated rings. The first-order valence-corrected chi connectivity index (χ1v) is 9.22. The Morgan fingerprint density at radius 1 is 0.885 bits per heavy atom. The Morgan fingerprint density at radius 3 is 2.04 bits per heavy atom. The second-order valence-corrected chi connectivity index (χ2v) is 7.37.